The minimum atomic E-state index is -0.746. The monoisotopic (exact) mass is 338 g/mol. The van der Waals surface area contributed by atoms with Crippen LogP contribution in [0.5, 0.6) is 5.75 Å². The number of carbonyl (C=O) groups is 1. The fraction of sp³-hybridized carbons (Fsp3) is 0.0667. The summed E-state index contributed by atoms with van der Waals surface area (Å²) in [5.41, 5.74) is 6.45. The first kappa shape index (κ1) is 16.1. The van der Waals surface area contributed by atoms with Gasteiger partial charge in [-0.3, -0.25) is 0 Å². The first-order valence-electron chi connectivity index (χ1n) is 6.15. The molecule has 0 heterocycles. The molecule has 0 saturated heterocycles. The van der Waals surface area contributed by atoms with Crippen LogP contribution < -0.4 is 10.5 Å². The molecule has 0 aliphatic heterocycles. The first-order chi connectivity index (χ1) is 10.5. The van der Waals surface area contributed by atoms with Crippen molar-refractivity contribution in [1.29, 1.82) is 0 Å². The van der Waals surface area contributed by atoms with E-state index in [2.05, 4.69) is 5.16 Å². The van der Waals surface area contributed by atoms with E-state index in [0.29, 0.717) is 16.3 Å². The number of hydrogen-bond donors (Lipinski definition) is 1. The Kier molecular flexibility index (Phi) is 5.25. The number of amidine groups is 1. The highest BCUT2D eigenvalue weighted by atomic mass is 35.5. The molecule has 0 bridgehead atoms. The van der Waals surface area contributed by atoms with Gasteiger partial charge in [-0.1, -0.05) is 28.4 Å². The lowest BCUT2D eigenvalue weighted by Gasteiger charge is -2.04. The molecule has 7 heteroatoms. The molecule has 0 saturated carbocycles. The van der Waals surface area contributed by atoms with Crippen molar-refractivity contribution in [3.05, 3.63) is 63.6 Å². The maximum Gasteiger partial charge on any atom is 0.367 e. The zero-order chi connectivity index (χ0) is 16.1. The highest BCUT2D eigenvalue weighted by molar-refractivity contribution is 6.35. The predicted octanol–water partition coefficient (Wildman–Crippen LogP) is 3.48. The molecular formula is C15H12Cl2N2O3. The Morgan fingerprint density at radius 1 is 1.14 bits per heavy atom. The van der Waals surface area contributed by atoms with Crippen LogP contribution in [0.15, 0.2) is 47.6 Å². The summed E-state index contributed by atoms with van der Waals surface area (Å²) in [7, 11) is 1.56. The van der Waals surface area contributed by atoms with Gasteiger partial charge in [0.15, 0.2) is 5.84 Å². The van der Waals surface area contributed by atoms with Crippen molar-refractivity contribution in [2.24, 2.45) is 10.9 Å². The van der Waals surface area contributed by atoms with Gasteiger partial charge in [-0.25, -0.2) is 4.79 Å². The van der Waals surface area contributed by atoms with E-state index in [9.17, 15) is 4.79 Å². The van der Waals surface area contributed by atoms with Gasteiger partial charge in [-0.2, -0.15) is 0 Å². The number of methoxy groups -OCH3 is 1. The number of halogens is 2. The Hall–Kier alpha value is -2.24. The van der Waals surface area contributed by atoms with Gasteiger partial charge in [0.1, 0.15) is 5.75 Å². The number of ether oxygens (including phenoxy) is 1. The first-order valence-corrected chi connectivity index (χ1v) is 6.91. The molecule has 2 aromatic carbocycles. The molecule has 0 radical (unpaired) electrons. The van der Waals surface area contributed by atoms with E-state index in [4.69, 9.17) is 38.5 Å². The lowest BCUT2D eigenvalue weighted by Crippen LogP contribution is -2.15. The average molecular weight is 339 g/mol. The summed E-state index contributed by atoms with van der Waals surface area (Å²) in [5, 5.41) is 4.18. The van der Waals surface area contributed by atoms with Crippen molar-refractivity contribution in [1.82, 2.24) is 0 Å². The molecule has 114 valence electrons. The molecular weight excluding hydrogens is 327 g/mol. The normalized spacial score (nSPS) is 11.1. The van der Waals surface area contributed by atoms with Crippen LogP contribution >= 0.6 is 23.2 Å². The molecule has 0 fully saturated rings. The summed E-state index contributed by atoms with van der Waals surface area (Å²) in [5.74, 6) is -0.0163. The topological polar surface area (TPSA) is 73.9 Å². The highest BCUT2D eigenvalue weighted by Crippen LogP contribution is 2.21. The van der Waals surface area contributed by atoms with Gasteiger partial charge >= 0.3 is 5.97 Å². The highest BCUT2D eigenvalue weighted by Gasteiger charge is 2.13. The van der Waals surface area contributed by atoms with E-state index in [1.165, 1.54) is 12.1 Å². The summed E-state index contributed by atoms with van der Waals surface area (Å²) in [6.45, 7) is 0. The summed E-state index contributed by atoms with van der Waals surface area (Å²) >= 11 is 11.7. The van der Waals surface area contributed by atoms with Crippen LogP contribution in [0.4, 0.5) is 0 Å². The lowest BCUT2D eigenvalue weighted by atomic mass is 10.2. The van der Waals surface area contributed by atoms with Crippen molar-refractivity contribution in [2.75, 3.05) is 7.11 Å². The smallest absolute Gasteiger partial charge is 0.367 e. The Labute approximate surface area is 137 Å². The van der Waals surface area contributed by atoms with E-state index >= 15 is 0 Å². The van der Waals surface area contributed by atoms with Gasteiger partial charge in [0.2, 0.25) is 0 Å². The average Bonchev–Trinajstić information content (AvgIpc) is 2.54. The number of rotatable bonds is 4. The zero-order valence-electron chi connectivity index (χ0n) is 11.5. The van der Waals surface area contributed by atoms with Gasteiger partial charge < -0.3 is 15.3 Å². The number of carbonyl (C=O) groups excluding carboxylic acids is 1. The minimum Gasteiger partial charge on any atom is -0.497 e. The minimum absolute atomic E-state index is 0.0501. The summed E-state index contributed by atoms with van der Waals surface area (Å²) < 4.78 is 5.04. The molecule has 2 rings (SSSR count). The van der Waals surface area contributed by atoms with Crippen molar-refractivity contribution < 1.29 is 14.4 Å². The van der Waals surface area contributed by atoms with E-state index in [1.54, 1.807) is 37.4 Å². The Bertz CT molecular complexity index is 715. The van der Waals surface area contributed by atoms with Crippen molar-refractivity contribution in [2.45, 2.75) is 0 Å². The maximum absolute atomic E-state index is 11.9. The van der Waals surface area contributed by atoms with Gasteiger partial charge in [0.25, 0.3) is 0 Å². The summed E-state index contributed by atoms with van der Waals surface area (Å²) in [6, 6.07) is 11.3. The second-order valence-corrected chi connectivity index (χ2v) is 5.05. The van der Waals surface area contributed by atoms with Crippen molar-refractivity contribution >= 4 is 35.0 Å². The molecule has 2 aromatic rings. The molecule has 0 aliphatic rings. The van der Waals surface area contributed by atoms with Crippen LogP contribution in [0.1, 0.15) is 15.9 Å². The summed E-state index contributed by atoms with van der Waals surface area (Å²) in [4.78, 5) is 16.7. The van der Waals surface area contributed by atoms with Crippen LogP contribution in [-0.2, 0) is 4.84 Å². The van der Waals surface area contributed by atoms with E-state index in [-0.39, 0.29) is 16.4 Å². The number of hydrogen-bond acceptors (Lipinski definition) is 4. The second kappa shape index (κ2) is 7.15. The Balaban J connectivity index is 2.12. The van der Waals surface area contributed by atoms with Gasteiger partial charge in [0.05, 0.1) is 17.7 Å². The van der Waals surface area contributed by atoms with Crippen molar-refractivity contribution in [3.63, 3.8) is 0 Å². The maximum atomic E-state index is 11.9. The molecule has 0 aromatic heterocycles. The fourth-order valence-corrected chi connectivity index (χ4v) is 1.98. The summed E-state index contributed by atoms with van der Waals surface area (Å²) in [6.07, 6.45) is 0. The SMILES string of the molecule is COc1ccc(/C(N)=N\OC(=O)c2cc(Cl)ccc2Cl)cc1. The number of oxime groups is 1. The molecule has 0 amide bonds. The van der Waals surface area contributed by atoms with Crippen LogP contribution in [0.25, 0.3) is 0 Å². The number of benzene rings is 2. The van der Waals surface area contributed by atoms with Crippen LogP contribution in [-0.4, -0.2) is 18.9 Å². The Morgan fingerprint density at radius 2 is 1.82 bits per heavy atom. The second-order valence-electron chi connectivity index (χ2n) is 4.21. The predicted molar refractivity (Wildman–Crippen MR) is 85.6 cm³/mol. The molecule has 2 N–H and O–H groups in total. The molecule has 0 unspecified atom stereocenters. The van der Waals surface area contributed by atoms with Gasteiger partial charge in [0, 0.05) is 10.6 Å². The molecule has 22 heavy (non-hydrogen) atoms. The molecule has 0 spiro atoms. The van der Waals surface area contributed by atoms with Crippen molar-refractivity contribution in [3.8, 4) is 5.75 Å². The molecule has 0 aliphatic carbocycles. The van der Waals surface area contributed by atoms with Crippen LogP contribution in [0.2, 0.25) is 10.0 Å². The zero-order valence-corrected chi connectivity index (χ0v) is 13.1. The third kappa shape index (κ3) is 3.90. The molecule has 5 nitrogen and oxygen atoms in total. The largest absolute Gasteiger partial charge is 0.497 e. The van der Waals surface area contributed by atoms with E-state index in [0.717, 1.165) is 0 Å². The lowest BCUT2D eigenvalue weighted by molar-refractivity contribution is 0.0516. The molecule has 0 atom stereocenters. The van der Waals surface area contributed by atoms with E-state index in [1.807, 2.05) is 0 Å². The van der Waals surface area contributed by atoms with Gasteiger partial charge in [-0.05, 0) is 42.5 Å². The van der Waals surface area contributed by atoms with Gasteiger partial charge in [-0.15, -0.1) is 0 Å². The number of nitrogens with two attached hydrogens (primary N) is 1. The van der Waals surface area contributed by atoms with E-state index < -0.39 is 5.97 Å². The Morgan fingerprint density at radius 3 is 2.45 bits per heavy atom. The third-order valence-electron chi connectivity index (χ3n) is 2.76. The van der Waals surface area contributed by atoms with Crippen LogP contribution in [0.3, 0.4) is 0 Å². The third-order valence-corrected chi connectivity index (χ3v) is 3.33. The van der Waals surface area contributed by atoms with Crippen LogP contribution in [0, 0.1) is 0 Å². The fourth-order valence-electron chi connectivity index (χ4n) is 1.61. The standard InChI is InChI=1S/C15H12Cl2N2O3/c1-21-11-5-2-9(3-6-11)14(18)19-22-15(20)12-8-10(16)4-7-13(12)17/h2-8H,1H3,(H2,18,19). The number of nitrogens with zero attached hydrogens (tertiary/aromatic N) is 1. The quantitative estimate of drug-likeness (QED) is 0.401.